The third-order valence-corrected chi connectivity index (χ3v) is 4.20. The molecule has 3 rings (SSSR count). The maximum atomic E-state index is 4.68. The van der Waals surface area contributed by atoms with E-state index in [-0.39, 0.29) is 0 Å². The van der Waals surface area contributed by atoms with Gasteiger partial charge in [-0.05, 0) is 50.6 Å². The first-order valence-electron chi connectivity index (χ1n) is 8.57. The van der Waals surface area contributed by atoms with Crippen molar-refractivity contribution in [2.75, 3.05) is 23.4 Å². The Hall–Kier alpha value is -2.88. The normalized spacial score (nSPS) is 10.6. The first kappa shape index (κ1) is 17.0. The van der Waals surface area contributed by atoms with Gasteiger partial charge in [0.05, 0.1) is 0 Å². The van der Waals surface area contributed by atoms with Crippen LogP contribution in [0.25, 0.3) is 0 Å². The summed E-state index contributed by atoms with van der Waals surface area (Å²) in [4.78, 5) is 13.6. The third kappa shape index (κ3) is 3.79. The van der Waals surface area contributed by atoms with Gasteiger partial charge in [-0.3, -0.25) is 0 Å². The molecule has 128 valence electrons. The molecule has 4 nitrogen and oxygen atoms in total. The highest BCUT2D eigenvalue weighted by Gasteiger charge is 2.14. The lowest BCUT2D eigenvalue weighted by Crippen LogP contribution is -2.20. The summed E-state index contributed by atoms with van der Waals surface area (Å²) < 4.78 is 0. The van der Waals surface area contributed by atoms with Crippen LogP contribution in [0, 0.1) is 13.8 Å². The topological polar surface area (TPSA) is 32.3 Å². The molecule has 0 unspecified atom stereocenters. The quantitative estimate of drug-likeness (QED) is 0.657. The highest BCUT2D eigenvalue weighted by atomic mass is 15.2. The largest absolute Gasteiger partial charge is 0.329 e. The molecule has 0 aliphatic carbocycles. The van der Waals surface area contributed by atoms with Crippen molar-refractivity contribution in [2.45, 2.75) is 20.8 Å². The molecule has 0 N–H and O–H groups in total. The lowest BCUT2D eigenvalue weighted by molar-refractivity contribution is 0.940. The molecule has 25 heavy (non-hydrogen) atoms. The monoisotopic (exact) mass is 332 g/mol. The van der Waals surface area contributed by atoms with Crippen molar-refractivity contribution >= 4 is 23.0 Å². The predicted molar refractivity (Wildman–Crippen MR) is 105 cm³/mol. The fraction of sp³-hybridized carbons (Fsp3) is 0.238. The molecule has 0 aliphatic heterocycles. The van der Waals surface area contributed by atoms with E-state index >= 15 is 0 Å². The van der Waals surface area contributed by atoms with Gasteiger partial charge < -0.3 is 9.80 Å². The van der Waals surface area contributed by atoms with Crippen LogP contribution in [-0.4, -0.2) is 23.6 Å². The van der Waals surface area contributed by atoms with Gasteiger partial charge >= 0.3 is 0 Å². The summed E-state index contributed by atoms with van der Waals surface area (Å²) in [7, 11) is 2.03. The standard InChI is InChI=1S/C21H24N4/c1-5-25(19-13-9-10-16(2)14-19)21-15-20(22-17(3)23-21)24(4)18-11-7-6-8-12-18/h6-15H,5H2,1-4H3. The number of hydrogen-bond donors (Lipinski definition) is 0. The zero-order valence-corrected chi connectivity index (χ0v) is 15.3. The van der Waals surface area contributed by atoms with Gasteiger partial charge in [0.2, 0.25) is 0 Å². The first-order chi connectivity index (χ1) is 12.1. The maximum absolute atomic E-state index is 4.68. The Labute approximate surface area is 149 Å². The SMILES string of the molecule is CCN(c1cccc(C)c1)c1cc(N(C)c2ccccc2)nc(C)n1. The van der Waals surface area contributed by atoms with E-state index in [1.807, 2.05) is 38.2 Å². The summed E-state index contributed by atoms with van der Waals surface area (Å²) in [5, 5.41) is 0. The summed E-state index contributed by atoms with van der Waals surface area (Å²) in [6.07, 6.45) is 0. The van der Waals surface area contributed by atoms with E-state index in [0.29, 0.717) is 0 Å². The lowest BCUT2D eigenvalue weighted by Gasteiger charge is -2.25. The van der Waals surface area contributed by atoms with E-state index in [0.717, 1.165) is 35.4 Å². The molecule has 0 amide bonds. The molecule has 0 saturated heterocycles. The van der Waals surface area contributed by atoms with Gasteiger partial charge in [-0.15, -0.1) is 0 Å². The second-order valence-electron chi connectivity index (χ2n) is 6.11. The molecule has 0 atom stereocenters. The number of aromatic nitrogens is 2. The van der Waals surface area contributed by atoms with Crippen molar-refractivity contribution in [1.82, 2.24) is 9.97 Å². The molecule has 1 aromatic heterocycles. The summed E-state index contributed by atoms with van der Waals surface area (Å²) in [6.45, 7) is 7.03. The van der Waals surface area contributed by atoms with Gasteiger partial charge in [0.25, 0.3) is 0 Å². The number of para-hydroxylation sites is 1. The Morgan fingerprint density at radius 1 is 0.800 bits per heavy atom. The molecule has 0 spiro atoms. The number of rotatable bonds is 5. The molecular formula is C21H24N4. The number of nitrogens with zero attached hydrogens (tertiary/aromatic N) is 4. The second kappa shape index (κ2) is 7.34. The minimum absolute atomic E-state index is 0.765. The first-order valence-corrected chi connectivity index (χ1v) is 8.57. The molecule has 2 aromatic carbocycles. The van der Waals surface area contributed by atoms with Crippen molar-refractivity contribution in [3.63, 3.8) is 0 Å². The zero-order chi connectivity index (χ0) is 17.8. The van der Waals surface area contributed by atoms with Crippen LogP contribution in [-0.2, 0) is 0 Å². The maximum Gasteiger partial charge on any atom is 0.138 e. The minimum Gasteiger partial charge on any atom is -0.329 e. The van der Waals surface area contributed by atoms with Crippen LogP contribution >= 0.6 is 0 Å². The van der Waals surface area contributed by atoms with Crippen molar-refractivity contribution in [3.05, 3.63) is 72.1 Å². The Bertz CT molecular complexity index is 846. The van der Waals surface area contributed by atoms with Crippen molar-refractivity contribution < 1.29 is 0 Å². The van der Waals surface area contributed by atoms with Gasteiger partial charge in [0.15, 0.2) is 0 Å². The van der Waals surface area contributed by atoms with Crippen LogP contribution in [0.4, 0.5) is 23.0 Å². The summed E-state index contributed by atoms with van der Waals surface area (Å²) in [6, 6.07) is 20.8. The van der Waals surface area contributed by atoms with Gasteiger partial charge in [0.1, 0.15) is 17.5 Å². The van der Waals surface area contributed by atoms with Gasteiger partial charge in [-0.1, -0.05) is 30.3 Å². The van der Waals surface area contributed by atoms with E-state index in [1.54, 1.807) is 0 Å². The summed E-state index contributed by atoms with van der Waals surface area (Å²) in [5.41, 5.74) is 3.49. The highest BCUT2D eigenvalue weighted by molar-refractivity contribution is 5.66. The Kier molecular flexibility index (Phi) is 4.98. The molecule has 0 radical (unpaired) electrons. The third-order valence-electron chi connectivity index (χ3n) is 4.20. The Balaban J connectivity index is 2.01. The van der Waals surface area contributed by atoms with Gasteiger partial charge in [0, 0.05) is 31.0 Å². The summed E-state index contributed by atoms with van der Waals surface area (Å²) >= 11 is 0. The predicted octanol–water partition coefficient (Wildman–Crippen LogP) is 5.02. The zero-order valence-electron chi connectivity index (χ0n) is 15.3. The number of aryl methyl sites for hydroxylation is 2. The van der Waals surface area contributed by atoms with Crippen molar-refractivity contribution in [1.29, 1.82) is 0 Å². The van der Waals surface area contributed by atoms with Crippen LogP contribution in [0.3, 0.4) is 0 Å². The van der Waals surface area contributed by atoms with Crippen LogP contribution < -0.4 is 9.80 Å². The highest BCUT2D eigenvalue weighted by Crippen LogP contribution is 2.29. The molecule has 4 heteroatoms. The fourth-order valence-corrected chi connectivity index (χ4v) is 2.90. The van der Waals surface area contributed by atoms with E-state index in [4.69, 9.17) is 0 Å². The van der Waals surface area contributed by atoms with Crippen LogP contribution in [0.1, 0.15) is 18.3 Å². The van der Waals surface area contributed by atoms with Crippen molar-refractivity contribution in [3.8, 4) is 0 Å². The number of anilines is 4. The lowest BCUT2D eigenvalue weighted by atomic mass is 10.2. The second-order valence-corrected chi connectivity index (χ2v) is 6.11. The molecule has 3 aromatic rings. The van der Waals surface area contributed by atoms with Crippen LogP contribution in [0.5, 0.6) is 0 Å². The molecule has 0 aliphatic rings. The molecule has 1 heterocycles. The van der Waals surface area contributed by atoms with Crippen LogP contribution in [0.15, 0.2) is 60.7 Å². The van der Waals surface area contributed by atoms with Gasteiger partial charge in [-0.2, -0.15) is 0 Å². The van der Waals surface area contributed by atoms with E-state index < -0.39 is 0 Å². The fourth-order valence-electron chi connectivity index (χ4n) is 2.90. The van der Waals surface area contributed by atoms with E-state index in [1.165, 1.54) is 5.56 Å². The average molecular weight is 332 g/mol. The Morgan fingerprint density at radius 2 is 1.48 bits per heavy atom. The number of benzene rings is 2. The molecule has 0 bridgehead atoms. The van der Waals surface area contributed by atoms with E-state index in [2.05, 4.69) is 70.0 Å². The average Bonchev–Trinajstić information content (AvgIpc) is 2.62. The Morgan fingerprint density at radius 3 is 2.16 bits per heavy atom. The minimum atomic E-state index is 0.765. The molecular weight excluding hydrogens is 308 g/mol. The number of hydrogen-bond acceptors (Lipinski definition) is 4. The van der Waals surface area contributed by atoms with Crippen molar-refractivity contribution in [2.24, 2.45) is 0 Å². The summed E-state index contributed by atoms with van der Waals surface area (Å²) in [5.74, 6) is 2.57. The smallest absolute Gasteiger partial charge is 0.138 e. The molecule has 0 saturated carbocycles. The van der Waals surface area contributed by atoms with Gasteiger partial charge in [-0.25, -0.2) is 9.97 Å². The van der Waals surface area contributed by atoms with E-state index in [9.17, 15) is 0 Å². The van der Waals surface area contributed by atoms with Crippen LogP contribution in [0.2, 0.25) is 0 Å². The molecule has 0 fully saturated rings.